The summed E-state index contributed by atoms with van der Waals surface area (Å²) in [5, 5.41) is 10.1. The Balaban J connectivity index is 1.46. The number of rotatable bonds is 5. The Kier molecular flexibility index (Phi) is 4.67. The number of aromatic nitrogens is 3. The third-order valence-electron chi connectivity index (χ3n) is 3.98. The minimum absolute atomic E-state index is 0.260. The van der Waals surface area contributed by atoms with Crippen molar-refractivity contribution >= 4 is 22.9 Å². The van der Waals surface area contributed by atoms with E-state index in [2.05, 4.69) is 15.4 Å². The Labute approximate surface area is 160 Å². The summed E-state index contributed by atoms with van der Waals surface area (Å²) in [6.07, 6.45) is 3.52. The zero-order chi connectivity index (χ0) is 18.6. The Morgan fingerprint density at radius 2 is 1.85 bits per heavy atom. The van der Waals surface area contributed by atoms with Gasteiger partial charge in [-0.3, -0.25) is 4.79 Å². The van der Waals surface area contributed by atoms with Crippen LogP contribution in [0.15, 0.2) is 72.4 Å². The Morgan fingerprint density at radius 1 is 1.07 bits per heavy atom. The molecule has 134 valence electrons. The molecule has 6 nitrogen and oxygen atoms in total. The molecule has 0 atom stereocenters. The van der Waals surface area contributed by atoms with Crippen LogP contribution in [-0.4, -0.2) is 27.8 Å². The molecule has 0 aliphatic carbocycles. The fourth-order valence-electron chi connectivity index (χ4n) is 2.58. The molecule has 0 unspecified atom stereocenters. The molecule has 1 amide bonds. The first-order chi connectivity index (χ1) is 13.2. The van der Waals surface area contributed by atoms with Crippen molar-refractivity contribution in [3.63, 3.8) is 0 Å². The van der Waals surface area contributed by atoms with Crippen LogP contribution in [0.1, 0.15) is 10.5 Å². The number of amides is 1. The molecule has 2 aromatic heterocycles. The van der Waals surface area contributed by atoms with Gasteiger partial charge in [0.25, 0.3) is 5.91 Å². The maximum atomic E-state index is 12.5. The van der Waals surface area contributed by atoms with Crippen LogP contribution in [0.2, 0.25) is 0 Å². The number of benzene rings is 2. The lowest BCUT2D eigenvalue weighted by Gasteiger charge is -2.05. The highest BCUT2D eigenvalue weighted by atomic mass is 32.1. The number of anilines is 1. The number of hydrogen-bond donors (Lipinski definition) is 1. The summed E-state index contributed by atoms with van der Waals surface area (Å²) in [6.45, 7) is 0. The van der Waals surface area contributed by atoms with Crippen molar-refractivity contribution in [1.29, 1.82) is 0 Å². The third kappa shape index (κ3) is 3.73. The zero-order valence-corrected chi connectivity index (χ0v) is 15.3. The largest absolute Gasteiger partial charge is 0.497 e. The molecule has 2 heterocycles. The highest BCUT2D eigenvalue weighted by Crippen LogP contribution is 2.23. The quantitative estimate of drug-likeness (QED) is 0.565. The first kappa shape index (κ1) is 17.0. The van der Waals surface area contributed by atoms with Crippen LogP contribution in [0.5, 0.6) is 5.75 Å². The smallest absolute Gasteiger partial charge is 0.276 e. The number of carbonyl (C=O) groups is 1. The lowest BCUT2D eigenvalue weighted by molar-refractivity contribution is 0.102. The summed E-state index contributed by atoms with van der Waals surface area (Å²) in [5.41, 5.74) is 2.92. The first-order valence-corrected chi connectivity index (χ1v) is 9.12. The highest BCUT2D eigenvalue weighted by molar-refractivity contribution is 7.13. The van der Waals surface area contributed by atoms with Crippen molar-refractivity contribution < 1.29 is 9.53 Å². The molecule has 0 aliphatic heterocycles. The van der Waals surface area contributed by atoms with Gasteiger partial charge < -0.3 is 10.1 Å². The molecule has 0 spiro atoms. The summed E-state index contributed by atoms with van der Waals surface area (Å²) < 4.78 is 6.80. The van der Waals surface area contributed by atoms with E-state index >= 15 is 0 Å². The SMILES string of the molecule is COc1ccc(-n2ccc(C(=O)Nc3ccc(-c4nccs4)cc3)n2)cc1. The van der Waals surface area contributed by atoms with Crippen LogP contribution in [0.3, 0.4) is 0 Å². The molecule has 27 heavy (non-hydrogen) atoms. The maximum absolute atomic E-state index is 12.5. The normalized spacial score (nSPS) is 10.6. The molecule has 1 N–H and O–H groups in total. The minimum Gasteiger partial charge on any atom is -0.497 e. The molecule has 0 aliphatic rings. The maximum Gasteiger partial charge on any atom is 0.276 e. The fraction of sp³-hybridized carbons (Fsp3) is 0.0500. The van der Waals surface area contributed by atoms with Crippen molar-refractivity contribution in [1.82, 2.24) is 14.8 Å². The molecule has 0 saturated heterocycles. The van der Waals surface area contributed by atoms with Gasteiger partial charge in [-0.05, 0) is 54.6 Å². The zero-order valence-electron chi connectivity index (χ0n) is 14.5. The second-order valence-electron chi connectivity index (χ2n) is 5.71. The summed E-state index contributed by atoms with van der Waals surface area (Å²) in [5.74, 6) is 0.509. The molecule has 2 aromatic carbocycles. The van der Waals surface area contributed by atoms with Gasteiger partial charge in [0.1, 0.15) is 10.8 Å². The summed E-state index contributed by atoms with van der Waals surface area (Å²) >= 11 is 1.58. The van der Waals surface area contributed by atoms with Crippen LogP contribution < -0.4 is 10.1 Å². The van der Waals surface area contributed by atoms with E-state index in [1.807, 2.05) is 53.9 Å². The van der Waals surface area contributed by atoms with Gasteiger partial charge in [-0.25, -0.2) is 9.67 Å². The second-order valence-corrected chi connectivity index (χ2v) is 6.61. The number of hydrogen-bond acceptors (Lipinski definition) is 5. The minimum atomic E-state index is -0.260. The van der Waals surface area contributed by atoms with Crippen LogP contribution in [0, 0.1) is 0 Å². The summed E-state index contributed by atoms with van der Waals surface area (Å²) in [7, 11) is 1.62. The molecule has 4 rings (SSSR count). The lowest BCUT2D eigenvalue weighted by atomic mass is 10.2. The lowest BCUT2D eigenvalue weighted by Crippen LogP contribution is -2.13. The van der Waals surface area contributed by atoms with E-state index in [0.29, 0.717) is 11.4 Å². The predicted octanol–water partition coefficient (Wildman–Crippen LogP) is 4.26. The van der Waals surface area contributed by atoms with Crippen molar-refractivity contribution in [2.75, 3.05) is 12.4 Å². The van der Waals surface area contributed by atoms with Gasteiger partial charge in [-0.15, -0.1) is 11.3 Å². The van der Waals surface area contributed by atoms with Crippen LogP contribution in [-0.2, 0) is 0 Å². The number of nitrogens with one attached hydrogen (secondary N) is 1. The van der Waals surface area contributed by atoms with Gasteiger partial charge in [0.15, 0.2) is 5.69 Å². The molecule has 0 bridgehead atoms. The molecule has 7 heteroatoms. The molecular weight excluding hydrogens is 360 g/mol. The van der Waals surface area contributed by atoms with Crippen LogP contribution in [0.25, 0.3) is 16.3 Å². The monoisotopic (exact) mass is 376 g/mol. The molecule has 0 saturated carbocycles. The van der Waals surface area contributed by atoms with Gasteiger partial charge in [0.2, 0.25) is 0 Å². The molecular formula is C20H16N4O2S. The average Bonchev–Trinajstić information content (AvgIpc) is 3.41. The van der Waals surface area contributed by atoms with E-state index in [1.54, 1.807) is 41.6 Å². The fourth-order valence-corrected chi connectivity index (χ4v) is 3.23. The Hall–Kier alpha value is -3.45. The molecule has 0 radical (unpaired) electrons. The van der Waals surface area contributed by atoms with Crippen molar-refractivity contribution in [2.45, 2.75) is 0 Å². The highest BCUT2D eigenvalue weighted by Gasteiger charge is 2.11. The average molecular weight is 376 g/mol. The number of ether oxygens (including phenoxy) is 1. The van der Waals surface area contributed by atoms with E-state index in [1.165, 1.54) is 0 Å². The van der Waals surface area contributed by atoms with Gasteiger partial charge in [0, 0.05) is 29.0 Å². The topological polar surface area (TPSA) is 69.0 Å². The van der Waals surface area contributed by atoms with E-state index < -0.39 is 0 Å². The summed E-state index contributed by atoms with van der Waals surface area (Å²) in [4.78, 5) is 16.7. The number of carbonyl (C=O) groups excluding carboxylic acids is 1. The molecule has 0 fully saturated rings. The Bertz CT molecular complexity index is 1040. The van der Waals surface area contributed by atoms with Crippen molar-refractivity contribution in [3.05, 3.63) is 78.1 Å². The van der Waals surface area contributed by atoms with Gasteiger partial charge >= 0.3 is 0 Å². The van der Waals surface area contributed by atoms with Gasteiger partial charge in [-0.2, -0.15) is 5.10 Å². The van der Waals surface area contributed by atoms with E-state index in [-0.39, 0.29) is 5.91 Å². The van der Waals surface area contributed by atoms with Gasteiger partial charge in [-0.1, -0.05) is 0 Å². The number of nitrogens with zero attached hydrogens (tertiary/aromatic N) is 3. The number of methoxy groups -OCH3 is 1. The van der Waals surface area contributed by atoms with Crippen LogP contribution >= 0.6 is 11.3 Å². The molecule has 4 aromatic rings. The van der Waals surface area contributed by atoms with E-state index in [4.69, 9.17) is 4.74 Å². The third-order valence-corrected chi connectivity index (χ3v) is 4.80. The first-order valence-electron chi connectivity index (χ1n) is 8.24. The van der Waals surface area contributed by atoms with E-state index in [0.717, 1.165) is 22.0 Å². The van der Waals surface area contributed by atoms with Crippen molar-refractivity contribution in [3.8, 4) is 22.0 Å². The number of thiazole rings is 1. The van der Waals surface area contributed by atoms with Crippen molar-refractivity contribution in [2.24, 2.45) is 0 Å². The van der Waals surface area contributed by atoms with Crippen LogP contribution in [0.4, 0.5) is 5.69 Å². The predicted molar refractivity (Wildman–Crippen MR) is 106 cm³/mol. The van der Waals surface area contributed by atoms with E-state index in [9.17, 15) is 4.79 Å². The van der Waals surface area contributed by atoms with Gasteiger partial charge in [0.05, 0.1) is 12.8 Å². The second kappa shape index (κ2) is 7.43. The Morgan fingerprint density at radius 3 is 2.52 bits per heavy atom. The summed E-state index contributed by atoms with van der Waals surface area (Å²) in [6, 6.07) is 16.7. The standard InChI is InChI=1S/C20H16N4O2S/c1-26-17-8-6-16(7-9-17)24-12-10-18(23-24)19(25)22-15-4-2-14(3-5-15)20-21-11-13-27-20/h2-13H,1H3,(H,22,25).